The molecule has 0 heterocycles. The second-order valence-electron chi connectivity index (χ2n) is 6.65. The fraction of sp³-hybridized carbons (Fsp3) is 0.316. The Morgan fingerprint density at radius 3 is 2.16 bits per heavy atom. The van der Waals surface area contributed by atoms with Crippen molar-refractivity contribution < 1.29 is 41.2 Å². The summed E-state index contributed by atoms with van der Waals surface area (Å²) in [4.78, 5) is 22.6. The van der Waals surface area contributed by atoms with Gasteiger partial charge in [-0.05, 0) is 30.5 Å². The van der Waals surface area contributed by atoms with E-state index in [4.69, 9.17) is 0 Å². The summed E-state index contributed by atoms with van der Waals surface area (Å²) in [6.45, 7) is 2.60. The Morgan fingerprint density at radius 1 is 1.10 bits per heavy atom. The van der Waals surface area contributed by atoms with E-state index < -0.39 is 34.3 Å². The Balaban J connectivity index is 2.54. The van der Waals surface area contributed by atoms with E-state index in [9.17, 15) is 46.4 Å². The van der Waals surface area contributed by atoms with Crippen LogP contribution in [-0.4, -0.2) is 28.3 Å². The maximum absolute atomic E-state index is 13.2. The molecule has 31 heavy (non-hydrogen) atoms. The number of nitrogens with one attached hydrogen (secondary N) is 1. The Labute approximate surface area is 171 Å². The van der Waals surface area contributed by atoms with Crippen molar-refractivity contribution in [2.45, 2.75) is 38.2 Å². The number of alkyl halides is 6. The lowest BCUT2D eigenvalue weighted by Crippen LogP contribution is -2.54. The van der Waals surface area contributed by atoms with Gasteiger partial charge in [-0.2, -0.15) is 26.3 Å². The van der Waals surface area contributed by atoms with Gasteiger partial charge in [0, 0.05) is 28.9 Å². The summed E-state index contributed by atoms with van der Waals surface area (Å²) >= 11 is 0. The van der Waals surface area contributed by atoms with E-state index in [0.29, 0.717) is 12.1 Å². The highest BCUT2D eigenvalue weighted by Gasteiger charge is 2.71. The third kappa shape index (κ3) is 4.48. The lowest BCUT2D eigenvalue weighted by atomic mass is 9.88. The molecule has 0 saturated carbocycles. The van der Waals surface area contributed by atoms with Crippen LogP contribution in [0.1, 0.15) is 34.0 Å². The van der Waals surface area contributed by atoms with Gasteiger partial charge in [-0.1, -0.05) is 25.1 Å². The fourth-order valence-corrected chi connectivity index (χ4v) is 2.96. The Morgan fingerprint density at radius 2 is 1.68 bits per heavy atom. The number of aryl methyl sites for hydroxylation is 2. The van der Waals surface area contributed by atoms with Gasteiger partial charge in [0.1, 0.15) is 0 Å². The van der Waals surface area contributed by atoms with Crippen LogP contribution in [0.25, 0.3) is 0 Å². The number of rotatable bonds is 5. The molecule has 0 atom stereocenters. The van der Waals surface area contributed by atoms with Crippen molar-refractivity contribution >= 4 is 17.3 Å². The van der Waals surface area contributed by atoms with Crippen molar-refractivity contribution in [3.8, 4) is 0 Å². The number of nitro groups is 1. The molecule has 2 aromatic rings. The van der Waals surface area contributed by atoms with Crippen LogP contribution in [0.15, 0.2) is 36.4 Å². The number of carbonyl (C=O) groups is 1. The zero-order valence-electron chi connectivity index (χ0n) is 16.1. The van der Waals surface area contributed by atoms with E-state index in [1.807, 2.05) is 0 Å². The first kappa shape index (κ1) is 24.1. The number of hydrogen-bond donors (Lipinski definition) is 2. The van der Waals surface area contributed by atoms with Crippen molar-refractivity contribution in [3.05, 3.63) is 68.8 Å². The predicted molar refractivity (Wildman–Crippen MR) is 97.6 cm³/mol. The van der Waals surface area contributed by atoms with Crippen LogP contribution in [0, 0.1) is 17.0 Å². The SMILES string of the molecule is CCc1cc(C(O)(C(F)(F)F)C(F)(F)F)cc(C)c1NC(=O)c1cccc([N+](=O)[O-])c1. The number of halogens is 6. The fourth-order valence-electron chi connectivity index (χ4n) is 2.96. The minimum Gasteiger partial charge on any atom is -0.369 e. The largest absolute Gasteiger partial charge is 0.430 e. The molecule has 0 radical (unpaired) electrons. The summed E-state index contributed by atoms with van der Waals surface area (Å²) < 4.78 is 79.2. The van der Waals surface area contributed by atoms with Crippen LogP contribution >= 0.6 is 0 Å². The molecule has 0 aromatic heterocycles. The zero-order valence-corrected chi connectivity index (χ0v) is 16.1. The van der Waals surface area contributed by atoms with Crippen LogP contribution in [0.3, 0.4) is 0 Å². The summed E-state index contributed by atoms with van der Waals surface area (Å²) in [6.07, 6.45) is -12.2. The van der Waals surface area contributed by atoms with E-state index in [2.05, 4.69) is 5.32 Å². The molecule has 0 unspecified atom stereocenters. The molecule has 0 aliphatic heterocycles. The average Bonchev–Trinajstić information content (AvgIpc) is 2.66. The molecule has 0 aliphatic rings. The Kier molecular flexibility index (Phi) is 6.36. The maximum Gasteiger partial charge on any atom is 0.430 e. The molecule has 2 N–H and O–H groups in total. The number of nitro benzene ring substituents is 1. The van der Waals surface area contributed by atoms with Gasteiger partial charge in [0.05, 0.1) is 4.92 Å². The van der Waals surface area contributed by atoms with Crippen LogP contribution in [0.5, 0.6) is 0 Å². The quantitative estimate of drug-likeness (QED) is 0.380. The molecule has 1 amide bonds. The van der Waals surface area contributed by atoms with E-state index in [1.54, 1.807) is 0 Å². The second kappa shape index (κ2) is 8.17. The number of aliphatic hydroxyl groups is 1. The number of non-ortho nitro benzene ring substituents is 1. The van der Waals surface area contributed by atoms with E-state index in [1.165, 1.54) is 26.0 Å². The molecule has 6 nitrogen and oxygen atoms in total. The Bertz CT molecular complexity index is 1000. The standard InChI is InChI=1S/C19H16F6N2O4/c1-3-11-8-13(17(29,18(20,21)22)19(23,24)25)7-10(2)15(11)26-16(28)12-5-4-6-14(9-12)27(30)31/h4-9,29H,3H2,1-2H3,(H,26,28). The topological polar surface area (TPSA) is 92.5 Å². The first-order valence-electron chi connectivity index (χ1n) is 8.69. The number of hydrogen-bond acceptors (Lipinski definition) is 4. The molecule has 2 aromatic carbocycles. The third-order valence-electron chi connectivity index (χ3n) is 4.59. The van der Waals surface area contributed by atoms with Gasteiger partial charge >= 0.3 is 12.4 Å². The molecule has 0 aliphatic carbocycles. The van der Waals surface area contributed by atoms with Crippen LogP contribution in [0.2, 0.25) is 0 Å². The minimum absolute atomic E-state index is 0.0607. The smallest absolute Gasteiger partial charge is 0.369 e. The third-order valence-corrected chi connectivity index (χ3v) is 4.59. The number of benzene rings is 2. The summed E-state index contributed by atoms with van der Waals surface area (Å²) in [5.41, 5.74) is -7.37. The summed E-state index contributed by atoms with van der Waals surface area (Å²) in [7, 11) is 0. The maximum atomic E-state index is 13.2. The summed E-state index contributed by atoms with van der Waals surface area (Å²) in [5, 5.41) is 22.8. The van der Waals surface area contributed by atoms with Crippen molar-refractivity contribution in [1.29, 1.82) is 0 Å². The molecule has 0 fully saturated rings. The number of amides is 1. The number of carbonyl (C=O) groups excluding carboxylic acids is 1. The first-order chi connectivity index (χ1) is 14.1. The van der Waals surface area contributed by atoms with Crippen LogP contribution < -0.4 is 5.32 Å². The van der Waals surface area contributed by atoms with Gasteiger partial charge < -0.3 is 10.4 Å². The highest BCUT2D eigenvalue weighted by Crippen LogP contribution is 2.50. The molecule has 0 bridgehead atoms. The molecule has 12 heteroatoms. The molecular weight excluding hydrogens is 434 g/mol. The molecular formula is C19H16F6N2O4. The normalized spacial score (nSPS) is 12.5. The van der Waals surface area contributed by atoms with Gasteiger partial charge in [-0.15, -0.1) is 0 Å². The first-order valence-corrected chi connectivity index (χ1v) is 8.69. The van der Waals surface area contributed by atoms with Crippen molar-refractivity contribution in [2.75, 3.05) is 5.32 Å². The van der Waals surface area contributed by atoms with Crippen LogP contribution in [0.4, 0.5) is 37.7 Å². The van der Waals surface area contributed by atoms with Gasteiger partial charge in [0.15, 0.2) is 0 Å². The minimum atomic E-state index is -6.05. The molecule has 0 spiro atoms. The second-order valence-corrected chi connectivity index (χ2v) is 6.65. The summed E-state index contributed by atoms with van der Waals surface area (Å²) in [6, 6.07) is 5.63. The molecule has 0 saturated heterocycles. The van der Waals surface area contributed by atoms with Gasteiger partial charge in [-0.3, -0.25) is 14.9 Å². The number of anilines is 1. The van der Waals surface area contributed by atoms with Gasteiger partial charge in [-0.25, -0.2) is 0 Å². The average molecular weight is 450 g/mol. The van der Waals surface area contributed by atoms with Crippen molar-refractivity contribution in [3.63, 3.8) is 0 Å². The van der Waals surface area contributed by atoms with Crippen molar-refractivity contribution in [2.24, 2.45) is 0 Å². The highest BCUT2D eigenvalue weighted by atomic mass is 19.4. The molecule has 168 valence electrons. The van der Waals surface area contributed by atoms with Crippen LogP contribution in [-0.2, 0) is 12.0 Å². The van der Waals surface area contributed by atoms with E-state index in [0.717, 1.165) is 12.1 Å². The number of nitrogens with zero attached hydrogens (tertiary/aromatic N) is 1. The highest BCUT2D eigenvalue weighted by molar-refractivity contribution is 6.05. The Hall–Kier alpha value is -3.15. The zero-order chi connectivity index (χ0) is 23.8. The van der Waals surface area contributed by atoms with Crippen molar-refractivity contribution in [1.82, 2.24) is 0 Å². The van der Waals surface area contributed by atoms with E-state index in [-0.39, 0.29) is 34.5 Å². The predicted octanol–water partition coefficient (Wildman–Crippen LogP) is 5.03. The van der Waals surface area contributed by atoms with E-state index >= 15 is 0 Å². The lowest BCUT2D eigenvalue weighted by Gasteiger charge is -2.33. The van der Waals surface area contributed by atoms with Gasteiger partial charge in [0.25, 0.3) is 17.2 Å². The monoisotopic (exact) mass is 450 g/mol. The molecule has 2 rings (SSSR count). The lowest BCUT2D eigenvalue weighted by molar-refractivity contribution is -0.384. The van der Waals surface area contributed by atoms with Gasteiger partial charge in [0.2, 0.25) is 0 Å². The summed E-state index contributed by atoms with van der Waals surface area (Å²) in [5.74, 6) is -0.851.